The summed E-state index contributed by atoms with van der Waals surface area (Å²) in [5.41, 5.74) is 1.66. The number of aromatic nitrogens is 4. The Hall–Kier alpha value is -3.22. The Morgan fingerprint density at radius 1 is 1.17 bits per heavy atom. The van der Waals surface area contributed by atoms with Crippen LogP contribution in [-0.2, 0) is 0 Å². The second-order valence-corrected chi connectivity index (χ2v) is 5.74. The molecule has 4 rings (SSSR count). The van der Waals surface area contributed by atoms with E-state index in [1.807, 2.05) is 0 Å². The highest BCUT2D eigenvalue weighted by Crippen LogP contribution is 2.37. The SMILES string of the molecule is O=C(Nc1ccc(-n2ccc(=O)[nH]2)cc1)c1ccnc(C2CC2)n1. The van der Waals surface area contributed by atoms with Gasteiger partial charge < -0.3 is 5.32 Å². The van der Waals surface area contributed by atoms with Crippen LogP contribution in [-0.4, -0.2) is 25.7 Å². The van der Waals surface area contributed by atoms with Gasteiger partial charge in [0.2, 0.25) is 0 Å². The molecule has 24 heavy (non-hydrogen) atoms. The van der Waals surface area contributed by atoms with Crippen LogP contribution in [0.1, 0.15) is 35.1 Å². The minimum atomic E-state index is -0.263. The molecule has 7 nitrogen and oxygen atoms in total. The Morgan fingerprint density at radius 3 is 2.62 bits per heavy atom. The molecule has 0 unspecified atom stereocenters. The van der Waals surface area contributed by atoms with Crippen LogP contribution in [0, 0.1) is 0 Å². The topological polar surface area (TPSA) is 92.7 Å². The lowest BCUT2D eigenvalue weighted by atomic mass is 10.2. The van der Waals surface area contributed by atoms with E-state index in [4.69, 9.17) is 0 Å². The van der Waals surface area contributed by atoms with E-state index < -0.39 is 0 Å². The summed E-state index contributed by atoms with van der Waals surface area (Å²) in [4.78, 5) is 32.0. The van der Waals surface area contributed by atoms with Crippen LogP contribution in [0.2, 0.25) is 0 Å². The maximum atomic E-state index is 12.3. The van der Waals surface area contributed by atoms with Crippen LogP contribution in [0.25, 0.3) is 5.69 Å². The number of aromatic amines is 1. The predicted molar refractivity (Wildman–Crippen MR) is 88.3 cm³/mol. The van der Waals surface area contributed by atoms with Crippen LogP contribution in [0.5, 0.6) is 0 Å². The third kappa shape index (κ3) is 2.96. The minimum absolute atomic E-state index is 0.164. The van der Waals surface area contributed by atoms with Gasteiger partial charge in [0.25, 0.3) is 11.5 Å². The largest absolute Gasteiger partial charge is 0.321 e. The number of carbonyl (C=O) groups is 1. The zero-order chi connectivity index (χ0) is 16.5. The van der Waals surface area contributed by atoms with E-state index >= 15 is 0 Å². The molecule has 0 spiro atoms. The number of benzene rings is 1. The first-order valence-corrected chi connectivity index (χ1v) is 7.71. The van der Waals surface area contributed by atoms with Crippen molar-refractivity contribution in [2.24, 2.45) is 0 Å². The molecule has 7 heteroatoms. The van der Waals surface area contributed by atoms with Crippen molar-refractivity contribution in [2.75, 3.05) is 5.32 Å². The Labute approximate surface area is 137 Å². The lowest BCUT2D eigenvalue weighted by Crippen LogP contribution is -2.15. The zero-order valence-electron chi connectivity index (χ0n) is 12.8. The van der Waals surface area contributed by atoms with E-state index in [1.165, 1.54) is 6.07 Å². The highest BCUT2D eigenvalue weighted by Gasteiger charge is 2.27. The summed E-state index contributed by atoms with van der Waals surface area (Å²) in [6.45, 7) is 0. The molecule has 0 radical (unpaired) electrons. The number of hydrogen-bond donors (Lipinski definition) is 2. The number of anilines is 1. The smallest absolute Gasteiger partial charge is 0.274 e. The van der Waals surface area contributed by atoms with E-state index in [9.17, 15) is 9.59 Å². The number of amides is 1. The van der Waals surface area contributed by atoms with E-state index in [0.29, 0.717) is 17.3 Å². The van der Waals surface area contributed by atoms with Gasteiger partial charge >= 0.3 is 0 Å². The molecule has 120 valence electrons. The first-order chi connectivity index (χ1) is 11.7. The minimum Gasteiger partial charge on any atom is -0.321 e. The summed E-state index contributed by atoms with van der Waals surface area (Å²) in [6.07, 6.45) is 5.46. The van der Waals surface area contributed by atoms with E-state index in [2.05, 4.69) is 20.4 Å². The van der Waals surface area contributed by atoms with Crippen molar-refractivity contribution in [3.63, 3.8) is 0 Å². The van der Waals surface area contributed by atoms with Gasteiger partial charge in [0.15, 0.2) is 0 Å². The van der Waals surface area contributed by atoms with Crippen LogP contribution in [0.15, 0.2) is 53.6 Å². The summed E-state index contributed by atoms with van der Waals surface area (Å²) in [5, 5.41) is 5.48. The fraction of sp³-hybridized carbons (Fsp3) is 0.176. The van der Waals surface area contributed by atoms with Crippen molar-refractivity contribution in [3.8, 4) is 5.69 Å². The molecule has 0 saturated heterocycles. The van der Waals surface area contributed by atoms with Crippen LogP contribution in [0.3, 0.4) is 0 Å². The second-order valence-electron chi connectivity index (χ2n) is 5.74. The van der Waals surface area contributed by atoms with Gasteiger partial charge in [-0.25, -0.2) is 9.97 Å². The summed E-state index contributed by atoms with van der Waals surface area (Å²) in [6, 6.07) is 10.2. The Bertz CT molecular complexity index is 938. The Balaban J connectivity index is 1.49. The third-order valence-corrected chi connectivity index (χ3v) is 3.86. The first-order valence-electron chi connectivity index (χ1n) is 7.71. The van der Waals surface area contributed by atoms with Crippen molar-refractivity contribution in [1.82, 2.24) is 19.7 Å². The molecule has 2 aromatic heterocycles. The molecule has 1 saturated carbocycles. The number of hydrogen-bond acceptors (Lipinski definition) is 4. The van der Waals surface area contributed by atoms with Crippen molar-refractivity contribution >= 4 is 11.6 Å². The lowest BCUT2D eigenvalue weighted by molar-refractivity contribution is 0.102. The molecule has 1 aliphatic carbocycles. The third-order valence-electron chi connectivity index (χ3n) is 3.86. The van der Waals surface area contributed by atoms with Crippen molar-refractivity contribution in [1.29, 1.82) is 0 Å². The number of rotatable bonds is 4. The molecule has 1 amide bonds. The van der Waals surface area contributed by atoms with Crippen molar-refractivity contribution < 1.29 is 4.79 Å². The molecule has 2 heterocycles. The average molecular weight is 321 g/mol. The molecular formula is C17H15N5O2. The Morgan fingerprint density at radius 2 is 1.96 bits per heavy atom. The maximum absolute atomic E-state index is 12.3. The predicted octanol–water partition coefficient (Wildman–Crippen LogP) is 2.09. The molecule has 1 aliphatic rings. The monoisotopic (exact) mass is 321 g/mol. The average Bonchev–Trinajstić information content (AvgIpc) is 3.37. The quantitative estimate of drug-likeness (QED) is 0.769. The summed E-state index contributed by atoms with van der Waals surface area (Å²) < 4.78 is 1.61. The zero-order valence-corrected chi connectivity index (χ0v) is 12.8. The normalized spacial score (nSPS) is 13.7. The summed E-state index contributed by atoms with van der Waals surface area (Å²) in [7, 11) is 0. The second kappa shape index (κ2) is 5.77. The maximum Gasteiger partial charge on any atom is 0.274 e. The van der Waals surface area contributed by atoms with E-state index in [1.54, 1.807) is 47.4 Å². The number of carbonyl (C=O) groups excluding carboxylic acids is 1. The first kappa shape index (κ1) is 14.4. The number of nitrogens with one attached hydrogen (secondary N) is 2. The molecule has 0 bridgehead atoms. The van der Waals surface area contributed by atoms with Gasteiger partial charge in [0.05, 0.1) is 5.69 Å². The molecule has 1 aromatic carbocycles. The fourth-order valence-electron chi connectivity index (χ4n) is 2.43. The fourth-order valence-corrected chi connectivity index (χ4v) is 2.43. The van der Waals surface area contributed by atoms with E-state index in [-0.39, 0.29) is 11.5 Å². The molecule has 2 N–H and O–H groups in total. The Kier molecular flexibility index (Phi) is 3.45. The van der Waals surface area contributed by atoms with Gasteiger partial charge in [-0.3, -0.25) is 19.4 Å². The number of H-pyrrole nitrogens is 1. The van der Waals surface area contributed by atoms with Crippen molar-refractivity contribution in [3.05, 3.63) is 70.7 Å². The highest BCUT2D eigenvalue weighted by atomic mass is 16.2. The van der Waals surface area contributed by atoms with E-state index in [0.717, 1.165) is 24.4 Å². The van der Waals surface area contributed by atoms with Gasteiger partial charge in [0.1, 0.15) is 11.5 Å². The lowest BCUT2D eigenvalue weighted by Gasteiger charge is -2.07. The molecular weight excluding hydrogens is 306 g/mol. The van der Waals surface area contributed by atoms with Gasteiger partial charge in [0, 0.05) is 30.1 Å². The van der Waals surface area contributed by atoms with Crippen molar-refractivity contribution in [2.45, 2.75) is 18.8 Å². The van der Waals surface area contributed by atoms with Gasteiger partial charge in [-0.15, -0.1) is 0 Å². The van der Waals surface area contributed by atoms with Crippen LogP contribution >= 0.6 is 0 Å². The molecule has 3 aromatic rings. The molecule has 0 atom stereocenters. The molecule has 1 fully saturated rings. The van der Waals surface area contributed by atoms with Crippen LogP contribution in [0.4, 0.5) is 5.69 Å². The van der Waals surface area contributed by atoms with Crippen LogP contribution < -0.4 is 10.9 Å². The van der Waals surface area contributed by atoms with Gasteiger partial charge in [-0.05, 0) is 43.2 Å². The van der Waals surface area contributed by atoms with Gasteiger partial charge in [-0.2, -0.15) is 0 Å². The summed E-state index contributed by atoms with van der Waals surface area (Å²) >= 11 is 0. The highest BCUT2D eigenvalue weighted by molar-refractivity contribution is 6.02. The van der Waals surface area contributed by atoms with Gasteiger partial charge in [-0.1, -0.05) is 0 Å². The molecule has 0 aliphatic heterocycles. The number of nitrogens with zero attached hydrogens (tertiary/aromatic N) is 3. The summed E-state index contributed by atoms with van der Waals surface area (Å²) in [5.74, 6) is 0.886. The standard InChI is InChI=1S/C17H15N5O2/c23-15-8-10-22(21-15)13-5-3-12(4-6-13)19-17(24)14-7-9-18-16(20-14)11-1-2-11/h3-11H,1-2H2,(H,19,24)(H,21,23).